The third-order valence-electron chi connectivity index (χ3n) is 6.94. The Kier molecular flexibility index (Phi) is 2.77. The number of hydrogen-bond acceptors (Lipinski definition) is 2. The lowest BCUT2D eigenvalue weighted by molar-refractivity contribution is -0.157. The maximum Gasteiger partial charge on any atom is 0.226 e. The summed E-state index contributed by atoms with van der Waals surface area (Å²) in [6.07, 6.45) is 6.77. The van der Waals surface area contributed by atoms with Crippen LogP contribution in [0.1, 0.15) is 46.0 Å². The van der Waals surface area contributed by atoms with E-state index in [1.165, 1.54) is 32.1 Å². The van der Waals surface area contributed by atoms with Crippen LogP contribution in [0.3, 0.4) is 0 Å². The van der Waals surface area contributed by atoms with E-state index in [2.05, 4.69) is 18.7 Å². The molecule has 1 aliphatic heterocycles. The maximum absolute atomic E-state index is 12.9. The Balaban J connectivity index is 1.45. The monoisotopic (exact) mass is 276 g/mol. The standard InChI is InChI=1S/C17H28N2O/c1-10(2)17(18)8-19(9-17)16(20)15-13-4-11-3-12(6-13)7-14(15)5-11/h10-15H,3-9,18H2,1-2H3. The van der Waals surface area contributed by atoms with Crippen molar-refractivity contribution in [2.75, 3.05) is 13.1 Å². The number of rotatable bonds is 2. The molecular weight excluding hydrogens is 248 g/mol. The first-order valence-corrected chi connectivity index (χ1v) is 8.54. The van der Waals surface area contributed by atoms with Gasteiger partial charge in [-0.15, -0.1) is 0 Å². The molecule has 2 N–H and O–H groups in total. The third kappa shape index (κ3) is 1.78. The van der Waals surface area contributed by atoms with E-state index in [-0.39, 0.29) is 5.54 Å². The van der Waals surface area contributed by atoms with E-state index in [1.807, 2.05) is 0 Å². The molecule has 0 aromatic rings. The van der Waals surface area contributed by atoms with Crippen molar-refractivity contribution >= 4 is 5.91 Å². The number of amides is 1. The molecule has 1 amide bonds. The lowest BCUT2D eigenvalue weighted by atomic mass is 9.51. The Hall–Kier alpha value is -0.570. The lowest BCUT2D eigenvalue weighted by Crippen LogP contribution is -2.72. The Bertz CT molecular complexity index is 397. The molecule has 20 heavy (non-hydrogen) atoms. The molecule has 1 saturated heterocycles. The highest BCUT2D eigenvalue weighted by molar-refractivity contribution is 5.81. The van der Waals surface area contributed by atoms with Crippen molar-refractivity contribution in [1.82, 2.24) is 4.90 Å². The second kappa shape index (κ2) is 4.22. The van der Waals surface area contributed by atoms with Gasteiger partial charge in [-0.05, 0) is 61.7 Å². The molecule has 4 aliphatic carbocycles. The first-order valence-electron chi connectivity index (χ1n) is 8.54. The highest BCUT2D eigenvalue weighted by atomic mass is 16.2. The number of likely N-dealkylation sites (tertiary alicyclic amines) is 1. The number of carbonyl (C=O) groups is 1. The molecule has 4 bridgehead atoms. The third-order valence-corrected chi connectivity index (χ3v) is 6.94. The zero-order valence-corrected chi connectivity index (χ0v) is 12.8. The summed E-state index contributed by atoms with van der Waals surface area (Å²) < 4.78 is 0. The summed E-state index contributed by atoms with van der Waals surface area (Å²) in [7, 11) is 0. The molecule has 0 spiro atoms. The average Bonchev–Trinajstić information content (AvgIpc) is 2.33. The van der Waals surface area contributed by atoms with Crippen LogP contribution in [0.25, 0.3) is 0 Å². The van der Waals surface area contributed by atoms with E-state index in [4.69, 9.17) is 5.73 Å². The fraction of sp³-hybridized carbons (Fsp3) is 0.941. The Morgan fingerprint density at radius 1 is 1.05 bits per heavy atom. The van der Waals surface area contributed by atoms with Crippen LogP contribution in [0.5, 0.6) is 0 Å². The first-order chi connectivity index (χ1) is 9.46. The van der Waals surface area contributed by atoms with Gasteiger partial charge in [0.05, 0.1) is 5.54 Å². The average molecular weight is 276 g/mol. The van der Waals surface area contributed by atoms with E-state index in [9.17, 15) is 4.79 Å². The van der Waals surface area contributed by atoms with Crippen LogP contribution in [0, 0.1) is 35.5 Å². The van der Waals surface area contributed by atoms with E-state index in [1.54, 1.807) is 0 Å². The normalized spacial score (nSPS) is 44.8. The van der Waals surface area contributed by atoms with Crippen LogP contribution in [-0.4, -0.2) is 29.4 Å². The number of nitrogens with two attached hydrogens (primary N) is 1. The first kappa shape index (κ1) is 13.1. The molecule has 0 radical (unpaired) electrons. The fourth-order valence-electron chi connectivity index (χ4n) is 5.72. The van der Waals surface area contributed by atoms with Gasteiger partial charge in [-0.2, -0.15) is 0 Å². The highest BCUT2D eigenvalue weighted by Gasteiger charge is 2.54. The minimum Gasteiger partial charge on any atom is -0.339 e. The zero-order chi connectivity index (χ0) is 14.1. The van der Waals surface area contributed by atoms with Gasteiger partial charge in [0, 0.05) is 19.0 Å². The van der Waals surface area contributed by atoms with E-state index < -0.39 is 0 Å². The van der Waals surface area contributed by atoms with Crippen LogP contribution < -0.4 is 5.73 Å². The van der Waals surface area contributed by atoms with Crippen LogP contribution in [0.2, 0.25) is 0 Å². The summed E-state index contributed by atoms with van der Waals surface area (Å²) in [5.74, 6) is 4.55. The molecule has 5 fully saturated rings. The SMILES string of the molecule is CC(C)C1(N)CN(C(=O)C2C3CC4CC(C3)CC2C4)C1. The van der Waals surface area contributed by atoms with Gasteiger partial charge < -0.3 is 10.6 Å². The second-order valence-electron chi connectivity index (χ2n) is 8.54. The highest BCUT2D eigenvalue weighted by Crippen LogP contribution is 2.57. The summed E-state index contributed by atoms with van der Waals surface area (Å²) in [5.41, 5.74) is 6.23. The van der Waals surface area contributed by atoms with Crippen LogP contribution >= 0.6 is 0 Å². The predicted molar refractivity (Wildman–Crippen MR) is 78.9 cm³/mol. The van der Waals surface area contributed by atoms with Crippen molar-refractivity contribution in [3.63, 3.8) is 0 Å². The second-order valence-corrected chi connectivity index (χ2v) is 8.54. The summed E-state index contributed by atoms with van der Waals surface area (Å²) in [4.78, 5) is 15.0. The van der Waals surface area contributed by atoms with Crippen molar-refractivity contribution in [1.29, 1.82) is 0 Å². The zero-order valence-electron chi connectivity index (χ0n) is 12.8. The van der Waals surface area contributed by atoms with Crippen LogP contribution in [-0.2, 0) is 4.79 Å². The van der Waals surface area contributed by atoms with E-state index >= 15 is 0 Å². The number of hydrogen-bond donors (Lipinski definition) is 1. The van der Waals surface area contributed by atoms with E-state index in [0.29, 0.717) is 29.6 Å². The molecule has 5 rings (SSSR count). The van der Waals surface area contributed by atoms with Crippen molar-refractivity contribution in [2.24, 2.45) is 41.2 Å². The van der Waals surface area contributed by atoms with Crippen molar-refractivity contribution in [3.05, 3.63) is 0 Å². The summed E-state index contributed by atoms with van der Waals surface area (Å²) >= 11 is 0. The summed E-state index contributed by atoms with van der Waals surface area (Å²) in [6, 6.07) is 0. The van der Waals surface area contributed by atoms with Crippen LogP contribution in [0.15, 0.2) is 0 Å². The molecular formula is C17H28N2O. The van der Waals surface area contributed by atoms with Crippen LogP contribution in [0.4, 0.5) is 0 Å². The summed E-state index contributed by atoms with van der Waals surface area (Å²) in [6.45, 7) is 5.91. The van der Waals surface area contributed by atoms with Gasteiger partial charge in [0.25, 0.3) is 0 Å². The minimum absolute atomic E-state index is 0.123. The van der Waals surface area contributed by atoms with E-state index in [0.717, 1.165) is 24.9 Å². The van der Waals surface area contributed by atoms with Gasteiger partial charge in [0.2, 0.25) is 5.91 Å². The molecule has 3 nitrogen and oxygen atoms in total. The molecule has 0 atom stereocenters. The molecule has 4 saturated carbocycles. The quantitative estimate of drug-likeness (QED) is 0.841. The van der Waals surface area contributed by atoms with Gasteiger partial charge >= 0.3 is 0 Å². The maximum atomic E-state index is 12.9. The molecule has 0 unspecified atom stereocenters. The molecule has 3 heteroatoms. The van der Waals surface area contributed by atoms with Gasteiger partial charge in [0.1, 0.15) is 0 Å². The Morgan fingerprint density at radius 3 is 2.00 bits per heavy atom. The number of carbonyl (C=O) groups excluding carboxylic acids is 1. The van der Waals surface area contributed by atoms with Crippen molar-refractivity contribution < 1.29 is 4.79 Å². The van der Waals surface area contributed by atoms with Gasteiger partial charge in [-0.25, -0.2) is 0 Å². The smallest absolute Gasteiger partial charge is 0.226 e. The van der Waals surface area contributed by atoms with Crippen molar-refractivity contribution in [2.45, 2.75) is 51.5 Å². The molecule has 5 aliphatic rings. The van der Waals surface area contributed by atoms with Gasteiger partial charge in [-0.3, -0.25) is 4.79 Å². The lowest BCUT2D eigenvalue weighted by Gasteiger charge is -2.57. The Morgan fingerprint density at radius 2 is 1.55 bits per heavy atom. The largest absolute Gasteiger partial charge is 0.339 e. The Labute approximate surface area is 122 Å². The van der Waals surface area contributed by atoms with Gasteiger partial charge in [0.15, 0.2) is 0 Å². The predicted octanol–water partition coefficient (Wildman–Crippen LogP) is 2.25. The summed E-state index contributed by atoms with van der Waals surface area (Å²) in [5, 5.41) is 0. The molecule has 112 valence electrons. The van der Waals surface area contributed by atoms with Gasteiger partial charge in [-0.1, -0.05) is 13.8 Å². The molecule has 0 aromatic carbocycles. The fourth-order valence-corrected chi connectivity index (χ4v) is 5.72. The van der Waals surface area contributed by atoms with Crippen molar-refractivity contribution in [3.8, 4) is 0 Å². The molecule has 0 aromatic heterocycles. The minimum atomic E-state index is -0.123. The number of nitrogens with zero attached hydrogens (tertiary/aromatic N) is 1. The molecule has 1 heterocycles. The topological polar surface area (TPSA) is 46.3 Å².